The number of hydrogen-bond donors (Lipinski definition) is 0. The summed E-state index contributed by atoms with van der Waals surface area (Å²) in [6, 6.07) is 7.33. The SMILES string of the molecule is CCCCCCCCc1ccc(N(Cc2oc(=O)oc2C)c2nc(-c3cccnc3)c(F)s2)cc1C(F)(F)F. The van der Waals surface area contributed by atoms with E-state index >= 15 is 4.39 Å². The van der Waals surface area contributed by atoms with E-state index in [0.29, 0.717) is 29.7 Å². The minimum absolute atomic E-state index is 0.0224. The number of thiazole rings is 1. The van der Waals surface area contributed by atoms with Crippen LogP contribution in [0, 0.1) is 12.1 Å². The molecule has 0 saturated carbocycles. The maximum absolute atomic E-state index is 15.0. The Balaban J connectivity index is 1.70. The van der Waals surface area contributed by atoms with E-state index in [1.54, 1.807) is 18.2 Å². The van der Waals surface area contributed by atoms with Crippen LogP contribution >= 0.6 is 11.3 Å². The molecule has 1 aromatic carbocycles. The van der Waals surface area contributed by atoms with Crippen LogP contribution in [-0.2, 0) is 19.1 Å². The normalized spacial score (nSPS) is 11.7. The van der Waals surface area contributed by atoms with E-state index in [0.717, 1.165) is 38.2 Å². The maximum Gasteiger partial charge on any atom is 0.519 e. The van der Waals surface area contributed by atoms with Crippen molar-refractivity contribution >= 4 is 22.2 Å². The highest BCUT2D eigenvalue weighted by Crippen LogP contribution is 2.40. The highest BCUT2D eigenvalue weighted by Gasteiger charge is 2.34. The van der Waals surface area contributed by atoms with E-state index in [4.69, 9.17) is 8.83 Å². The smallest absolute Gasteiger partial charge is 0.396 e. The van der Waals surface area contributed by atoms with Gasteiger partial charge in [0.15, 0.2) is 10.9 Å². The van der Waals surface area contributed by atoms with Gasteiger partial charge in [-0.25, -0.2) is 9.78 Å². The summed E-state index contributed by atoms with van der Waals surface area (Å²) in [6.07, 6.45) is 4.50. The molecule has 0 bridgehead atoms. The first kappa shape index (κ1) is 28.5. The van der Waals surface area contributed by atoms with Crippen LogP contribution in [0.1, 0.15) is 68.1 Å². The molecule has 0 radical (unpaired) electrons. The molecule has 0 saturated heterocycles. The molecule has 6 nitrogen and oxygen atoms in total. The largest absolute Gasteiger partial charge is 0.519 e. The number of benzene rings is 1. The molecule has 0 fully saturated rings. The van der Waals surface area contributed by atoms with Gasteiger partial charge in [-0.05, 0) is 49.6 Å². The van der Waals surface area contributed by atoms with Crippen molar-refractivity contribution < 1.29 is 26.4 Å². The number of rotatable bonds is 12. The topological polar surface area (TPSA) is 72.4 Å². The Morgan fingerprint density at radius 3 is 2.49 bits per heavy atom. The molecule has 0 aliphatic carbocycles. The van der Waals surface area contributed by atoms with Crippen molar-refractivity contribution in [1.29, 1.82) is 0 Å². The van der Waals surface area contributed by atoms with E-state index in [1.807, 2.05) is 0 Å². The first-order valence-electron chi connectivity index (χ1n) is 12.8. The minimum atomic E-state index is -4.59. The van der Waals surface area contributed by atoms with Gasteiger partial charge < -0.3 is 13.7 Å². The van der Waals surface area contributed by atoms with Crippen molar-refractivity contribution in [1.82, 2.24) is 9.97 Å². The molecular weight excluding hydrogens is 534 g/mol. The molecule has 0 N–H and O–H groups in total. The lowest BCUT2D eigenvalue weighted by Crippen LogP contribution is -2.18. The second kappa shape index (κ2) is 12.6. The summed E-state index contributed by atoms with van der Waals surface area (Å²) in [6.45, 7) is 3.43. The summed E-state index contributed by atoms with van der Waals surface area (Å²) in [5.74, 6) is -0.664. The van der Waals surface area contributed by atoms with Gasteiger partial charge in [0.2, 0.25) is 5.13 Å². The van der Waals surface area contributed by atoms with Gasteiger partial charge in [0.05, 0.1) is 12.1 Å². The van der Waals surface area contributed by atoms with Crippen LogP contribution in [0.25, 0.3) is 11.3 Å². The van der Waals surface area contributed by atoms with Crippen LogP contribution in [-0.4, -0.2) is 9.97 Å². The molecule has 4 rings (SSSR count). The quantitative estimate of drug-likeness (QED) is 0.127. The zero-order chi connectivity index (χ0) is 28.0. The van der Waals surface area contributed by atoms with Crippen LogP contribution in [0.5, 0.6) is 0 Å². The molecule has 11 heteroatoms. The van der Waals surface area contributed by atoms with Crippen molar-refractivity contribution in [3.05, 3.63) is 81.1 Å². The fourth-order valence-electron chi connectivity index (χ4n) is 4.33. The average molecular weight is 564 g/mol. The molecule has 208 valence electrons. The Hall–Kier alpha value is -3.47. The predicted molar refractivity (Wildman–Crippen MR) is 142 cm³/mol. The second-order valence-corrected chi connectivity index (χ2v) is 10.2. The third-order valence-electron chi connectivity index (χ3n) is 6.39. The number of alkyl halides is 3. The fraction of sp³-hybridized carbons (Fsp3) is 0.393. The lowest BCUT2D eigenvalue weighted by Gasteiger charge is -2.23. The van der Waals surface area contributed by atoms with Crippen molar-refractivity contribution in [3.63, 3.8) is 0 Å². The highest BCUT2D eigenvalue weighted by atomic mass is 32.1. The summed E-state index contributed by atoms with van der Waals surface area (Å²) < 4.78 is 67.6. The summed E-state index contributed by atoms with van der Waals surface area (Å²) >= 11 is 0.674. The fourth-order valence-corrected chi connectivity index (χ4v) is 5.17. The lowest BCUT2D eigenvalue weighted by atomic mass is 9.99. The zero-order valence-electron chi connectivity index (χ0n) is 21.7. The third kappa shape index (κ3) is 7.14. The summed E-state index contributed by atoms with van der Waals surface area (Å²) in [7, 11) is 0. The van der Waals surface area contributed by atoms with Gasteiger partial charge in [-0.15, -0.1) is 0 Å². The van der Waals surface area contributed by atoms with E-state index in [2.05, 4.69) is 16.9 Å². The van der Waals surface area contributed by atoms with Crippen molar-refractivity contribution in [2.75, 3.05) is 4.90 Å². The summed E-state index contributed by atoms with van der Waals surface area (Å²) in [4.78, 5) is 21.4. The van der Waals surface area contributed by atoms with Gasteiger partial charge in [0.25, 0.3) is 0 Å². The van der Waals surface area contributed by atoms with Crippen LogP contribution in [0.15, 0.2) is 56.4 Å². The number of nitrogens with zero attached hydrogens (tertiary/aromatic N) is 3. The predicted octanol–water partition coefficient (Wildman–Crippen LogP) is 8.46. The Bertz CT molecular complexity index is 1430. The van der Waals surface area contributed by atoms with Crippen LogP contribution in [0.4, 0.5) is 28.4 Å². The van der Waals surface area contributed by atoms with Gasteiger partial charge in [-0.2, -0.15) is 17.6 Å². The minimum Gasteiger partial charge on any atom is -0.396 e. The molecule has 39 heavy (non-hydrogen) atoms. The van der Waals surface area contributed by atoms with Crippen LogP contribution in [0.2, 0.25) is 0 Å². The number of aromatic nitrogens is 2. The van der Waals surface area contributed by atoms with Gasteiger partial charge in [0.1, 0.15) is 11.5 Å². The number of unbranched alkanes of at least 4 members (excludes halogenated alkanes) is 5. The van der Waals surface area contributed by atoms with Crippen LogP contribution < -0.4 is 10.7 Å². The number of aryl methyl sites for hydroxylation is 2. The van der Waals surface area contributed by atoms with E-state index in [-0.39, 0.29) is 40.1 Å². The second-order valence-electron chi connectivity index (χ2n) is 9.24. The first-order valence-corrected chi connectivity index (χ1v) is 13.6. The first-order chi connectivity index (χ1) is 18.7. The molecule has 0 spiro atoms. The molecule has 0 amide bonds. The van der Waals surface area contributed by atoms with Crippen LogP contribution in [0.3, 0.4) is 0 Å². The van der Waals surface area contributed by atoms with Crippen molar-refractivity contribution in [3.8, 4) is 11.3 Å². The molecule has 3 heterocycles. The number of hydrogen-bond acceptors (Lipinski definition) is 7. The molecule has 0 aliphatic rings. The molecule has 0 aliphatic heterocycles. The van der Waals surface area contributed by atoms with Crippen molar-refractivity contribution in [2.45, 2.75) is 71.5 Å². The molecular formula is C28H29F4N3O3S. The number of pyridine rings is 1. The average Bonchev–Trinajstić information content (AvgIpc) is 3.44. The Morgan fingerprint density at radius 1 is 1.05 bits per heavy atom. The summed E-state index contributed by atoms with van der Waals surface area (Å²) in [5, 5.41) is -0.532. The maximum atomic E-state index is 15.0. The van der Waals surface area contributed by atoms with Gasteiger partial charge in [-0.1, -0.05) is 56.4 Å². The van der Waals surface area contributed by atoms with E-state index in [1.165, 1.54) is 30.3 Å². The molecule has 4 aromatic rings. The molecule has 3 aromatic heterocycles. The number of anilines is 2. The Labute approximate surface area is 227 Å². The molecule has 0 atom stereocenters. The van der Waals surface area contributed by atoms with Gasteiger partial charge in [0, 0.05) is 23.6 Å². The van der Waals surface area contributed by atoms with Gasteiger partial charge in [-0.3, -0.25) is 4.98 Å². The Morgan fingerprint density at radius 2 is 1.82 bits per heavy atom. The zero-order valence-corrected chi connectivity index (χ0v) is 22.5. The Kier molecular flexibility index (Phi) is 9.21. The number of halogens is 4. The summed E-state index contributed by atoms with van der Waals surface area (Å²) in [5.41, 5.74) is 0.0224. The monoisotopic (exact) mass is 563 g/mol. The standard InChI is InChI=1S/C28H29F4N3O3S/c1-3-4-5-6-7-8-10-19-12-13-21(15-22(19)28(30,31)32)35(17-23-18(2)37-27(36)38-23)26-34-24(25(29)39-26)20-11-9-14-33-16-20/h9,11-16H,3-8,10,17H2,1-2H3. The van der Waals surface area contributed by atoms with E-state index < -0.39 is 22.7 Å². The van der Waals surface area contributed by atoms with Crippen molar-refractivity contribution in [2.24, 2.45) is 0 Å². The molecule has 0 unspecified atom stereocenters. The lowest BCUT2D eigenvalue weighted by molar-refractivity contribution is -0.138. The van der Waals surface area contributed by atoms with Gasteiger partial charge >= 0.3 is 12.0 Å². The van der Waals surface area contributed by atoms with E-state index in [9.17, 15) is 18.0 Å². The third-order valence-corrected chi connectivity index (χ3v) is 7.25. The highest BCUT2D eigenvalue weighted by molar-refractivity contribution is 7.14.